The highest BCUT2D eigenvalue weighted by Crippen LogP contribution is 2.25. The van der Waals surface area contributed by atoms with Crippen LogP contribution in [0.1, 0.15) is 16.7 Å². The summed E-state index contributed by atoms with van der Waals surface area (Å²) in [4.78, 5) is 11.8. The van der Waals surface area contributed by atoms with Crippen LogP contribution < -0.4 is 10.2 Å². The molecule has 0 heterocycles. The molecule has 1 N–H and O–H groups in total. The van der Waals surface area contributed by atoms with E-state index in [-0.39, 0.29) is 6.61 Å². The third-order valence-electron chi connectivity index (χ3n) is 3.16. The zero-order chi connectivity index (χ0) is 17.7. The van der Waals surface area contributed by atoms with Crippen LogP contribution in [0, 0.1) is 13.8 Å². The van der Waals surface area contributed by atoms with Crippen molar-refractivity contribution in [2.75, 3.05) is 6.61 Å². The molecule has 0 saturated carbocycles. The van der Waals surface area contributed by atoms with Gasteiger partial charge in [0, 0.05) is 10.6 Å². The zero-order valence-corrected chi connectivity index (χ0v) is 15.3. The van der Waals surface area contributed by atoms with E-state index in [9.17, 15) is 4.79 Å². The van der Waals surface area contributed by atoms with Crippen LogP contribution in [0.4, 0.5) is 0 Å². The number of hydrogen-bond acceptors (Lipinski definition) is 3. The van der Waals surface area contributed by atoms with E-state index < -0.39 is 5.91 Å². The van der Waals surface area contributed by atoms with E-state index in [0.29, 0.717) is 26.4 Å². The van der Waals surface area contributed by atoms with Gasteiger partial charge in [-0.25, -0.2) is 5.43 Å². The molecule has 126 valence electrons. The Morgan fingerprint density at radius 3 is 2.33 bits per heavy atom. The van der Waals surface area contributed by atoms with E-state index in [0.717, 1.165) is 11.1 Å². The number of carbonyl (C=O) groups excluding carboxylic acids is 1. The van der Waals surface area contributed by atoms with Crippen molar-refractivity contribution in [3.05, 3.63) is 62.1 Å². The van der Waals surface area contributed by atoms with E-state index in [1.54, 1.807) is 30.3 Å². The van der Waals surface area contributed by atoms with Gasteiger partial charge in [0.2, 0.25) is 0 Å². The molecule has 4 nitrogen and oxygen atoms in total. The van der Waals surface area contributed by atoms with E-state index in [2.05, 4.69) is 10.5 Å². The number of amides is 1. The molecule has 0 bridgehead atoms. The maximum atomic E-state index is 11.8. The molecule has 0 aliphatic heterocycles. The molecule has 0 aromatic heterocycles. The van der Waals surface area contributed by atoms with Crippen molar-refractivity contribution in [3.63, 3.8) is 0 Å². The minimum absolute atomic E-state index is 0.173. The fourth-order valence-corrected chi connectivity index (χ4v) is 2.58. The van der Waals surface area contributed by atoms with Gasteiger partial charge in [0.15, 0.2) is 6.61 Å². The summed E-state index contributed by atoms with van der Waals surface area (Å²) in [5, 5.41) is 5.41. The highest BCUT2D eigenvalue weighted by molar-refractivity contribution is 6.38. The Bertz CT molecular complexity index is 748. The number of carbonyl (C=O) groups is 1. The predicted molar refractivity (Wildman–Crippen MR) is 98.6 cm³/mol. The lowest BCUT2D eigenvalue weighted by Crippen LogP contribution is -2.24. The Hall–Kier alpha value is -1.75. The first-order valence-electron chi connectivity index (χ1n) is 7.04. The lowest BCUT2D eigenvalue weighted by Gasteiger charge is -2.09. The number of nitrogens with one attached hydrogen (secondary N) is 1. The third-order valence-corrected chi connectivity index (χ3v) is 4.42. The topological polar surface area (TPSA) is 50.7 Å². The number of benzene rings is 2. The number of hydrazone groups is 1. The molecule has 0 fully saturated rings. The fourth-order valence-electron chi connectivity index (χ4n) is 1.97. The first-order chi connectivity index (χ1) is 11.4. The highest BCUT2D eigenvalue weighted by atomic mass is 35.5. The molecule has 2 aromatic rings. The van der Waals surface area contributed by atoms with Crippen molar-refractivity contribution >= 4 is 46.9 Å². The smallest absolute Gasteiger partial charge is 0.277 e. The molecular formula is C17H15Cl3N2O2. The molecule has 7 heteroatoms. The number of nitrogens with zero attached hydrogens (tertiary/aromatic N) is 1. The Kier molecular flexibility index (Phi) is 6.49. The number of halogens is 3. The predicted octanol–water partition coefficient (Wildman–Crippen LogP) is 4.79. The van der Waals surface area contributed by atoms with Crippen LogP contribution in [0.15, 0.2) is 35.4 Å². The van der Waals surface area contributed by atoms with Crippen molar-refractivity contribution in [2.45, 2.75) is 13.8 Å². The standard InChI is InChI=1S/C17H15Cl3N2O2/c1-10-6-12(7-11(2)17(10)20)24-9-16(23)22-21-8-13-14(18)4-3-5-15(13)19/h3-8H,9H2,1-2H3,(H,22,23)/b21-8+. The lowest BCUT2D eigenvalue weighted by molar-refractivity contribution is -0.123. The normalized spacial score (nSPS) is 10.9. The SMILES string of the molecule is Cc1cc(OCC(=O)N/N=C/c2c(Cl)cccc2Cl)cc(C)c1Cl. The average Bonchev–Trinajstić information content (AvgIpc) is 2.53. The Morgan fingerprint density at radius 2 is 1.75 bits per heavy atom. The molecule has 24 heavy (non-hydrogen) atoms. The number of hydrogen-bond donors (Lipinski definition) is 1. The maximum Gasteiger partial charge on any atom is 0.277 e. The van der Waals surface area contributed by atoms with Crippen LogP contribution in [0.2, 0.25) is 15.1 Å². The second-order valence-electron chi connectivity index (χ2n) is 5.09. The monoisotopic (exact) mass is 384 g/mol. The molecule has 1 amide bonds. The van der Waals surface area contributed by atoms with E-state index >= 15 is 0 Å². The van der Waals surface area contributed by atoms with Crippen LogP contribution in [-0.4, -0.2) is 18.7 Å². The Morgan fingerprint density at radius 1 is 1.17 bits per heavy atom. The molecule has 2 rings (SSSR count). The summed E-state index contributed by atoms with van der Waals surface area (Å²) in [6.07, 6.45) is 1.39. The molecule has 0 spiro atoms. The summed E-state index contributed by atoms with van der Waals surface area (Å²) >= 11 is 18.1. The maximum absolute atomic E-state index is 11.8. The molecular weight excluding hydrogens is 371 g/mol. The Balaban J connectivity index is 1.91. The summed E-state index contributed by atoms with van der Waals surface area (Å²) in [6, 6.07) is 8.64. The van der Waals surface area contributed by atoms with Crippen LogP contribution in [0.5, 0.6) is 5.75 Å². The largest absolute Gasteiger partial charge is 0.484 e. The van der Waals surface area contributed by atoms with Gasteiger partial charge < -0.3 is 4.74 Å². The van der Waals surface area contributed by atoms with Crippen molar-refractivity contribution < 1.29 is 9.53 Å². The lowest BCUT2D eigenvalue weighted by atomic mass is 10.1. The van der Waals surface area contributed by atoms with Gasteiger partial charge in [0.1, 0.15) is 5.75 Å². The number of aryl methyl sites for hydroxylation is 2. The molecule has 0 atom stereocenters. The summed E-state index contributed by atoms with van der Waals surface area (Å²) in [6.45, 7) is 3.58. The van der Waals surface area contributed by atoms with Gasteiger partial charge in [0.05, 0.1) is 16.3 Å². The second kappa shape index (κ2) is 8.38. The van der Waals surface area contributed by atoms with Crippen molar-refractivity contribution in [3.8, 4) is 5.75 Å². The molecule has 0 saturated heterocycles. The van der Waals surface area contributed by atoms with Gasteiger partial charge >= 0.3 is 0 Å². The minimum Gasteiger partial charge on any atom is -0.484 e. The summed E-state index contributed by atoms with van der Waals surface area (Å²) in [5.41, 5.74) is 4.67. The van der Waals surface area contributed by atoms with Gasteiger partial charge in [-0.15, -0.1) is 0 Å². The quantitative estimate of drug-likeness (QED) is 0.594. The first kappa shape index (κ1) is 18.6. The van der Waals surface area contributed by atoms with Crippen molar-refractivity contribution in [1.29, 1.82) is 0 Å². The first-order valence-corrected chi connectivity index (χ1v) is 8.17. The van der Waals surface area contributed by atoms with Gasteiger partial charge in [-0.05, 0) is 49.2 Å². The van der Waals surface area contributed by atoms with Crippen LogP contribution in [-0.2, 0) is 4.79 Å². The zero-order valence-electron chi connectivity index (χ0n) is 13.1. The summed E-state index contributed by atoms with van der Waals surface area (Å²) in [5.74, 6) is 0.169. The van der Waals surface area contributed by atoms with Gasteiger partial charge in [-0.1, -0.05) is 40.9 Å². The molecule has 0 radical (unpaired) electrons. The highest BCUT2D eigenvalue weighted by Gasteiger charge is 2.06. The van der Waals surface area contributed by atoms with Crippen LogP contribution in [0.25, 0.3) is 0 Å². The van der Waals surface area contributed by atoms with Gasteiger partial charge in [0.25, 0.3) is 5.91 Å². The van der Waals surface area contributed by atoms with Gasteiger partial charge in [-0.2, -0.15) is 5.10 Å². The summed E-state index contributed by atoms with van der Waals surface area (Å²) < 4.78 is 5.44. The van der Waals surface area contributed by atoms with Crippen molar-refractivity contribution in [2.24, 2.45) is 5.10 Å². The second-order valence-corrected chi connectivity index (χ2v) is 6.28. The minimum atomic E-state index is -0.403. The molecule has 0 aliphatic rings. The van der Waals surface area contributed by atoms with Gasteiger partial charge in [-0.3, -0.25) is 4.79 Å². The summed E-state index contributed by atoms with van der Waals surface area (Å²) in [7, 11) is 0. The van der Waals surface area contributed by atoms with E-state index in [1.807, 2.05) is 13.8 Å². The van der Waals surface area contributed by atoms with E-state index in [1.165, 1.54) is 6.21 Å². The molecule has 0 unspecified atom stereocenters. The fraction of sp³-hybridized carbons (Fsp3) is 0.176. The third kappa shape index (κ3) is 4.87. The van der Waals surface area contributed by atoms with Crippen LogP contribution in [0.3, 0.4) is 0 Å². The number of ether oxygens (including phenoxy) is 1. The van der Waals surface area contributed by atoms with E-state index in [4.69, 9.17) is 39.5 Å². The average molecular weight is 386 g/mol. The van der Waals surface area contributed by atoms with Crippen molar-refractivity contribution in [1.82, 2.24) is 5.43 Å². The number of rotatable bonds is 5. The molecule has 2 aromatic carbocycles. The Labute approximate surface area is 155 Å². The van der Waals surface area contributed by atoms with Crippen LogP contribution >= 0.6 is 34.8 Å². The molecule has 0 aliphatic carbocycles.